The Balaban J connectivity index is 0.00000320. The van der Waals surface area contributed by atoms with Gasteiger partial charge in [-0.1, -0.05) is 48.5 Å². The number of carbonyl (C=O) groups excluding carboxylic acids is 1. The van der Waals surface area contributed by atoms with Crippen molar-refractivity contribution in [1.82, 2.24) is 20.0 Å². The maximum absolute atomic E-state index is 11.9. The number of nitrogens with zero attached hydrogens (tertiary/aromatic N) is 4. The summed E-state index contributed by atoms with van der Waals surface area (Å²) in [5.74, 6) is 0.780. The van der Waals surface area contributed by atoms with E-state index in [-0.39, 0.29) is 36.4 Å². The van der Waals surface area contributed by atoms with Gasteiger partial charge in [-0.2, -0.15) is 0 Å². The van der Waals surface area contributed by atoms with E-state index >= 15 is 0 Å². The highest BCUT2D eigenvalue weighted by Crippen LogP contribution is 2.20. The van der Waals surface area contributed by atoms with Crippen LogP contribution in [0, 0.1) is 0 Å². The summed E-state index contributed by atoms with van der Waals surface area (Å²) in [4.78, 5) is 22.7. The Bertz CT molecular complexity index is 870. The van der Waals surface area contributed by atoms with Crippen LogP contribution in [0.1, 0.15) is 5.56 Å². The zero-order valence-corrected chi connectivity index (χ0v) is 20.2. The number of nitrogens with one attached hydrogen (secondary N) is 1. The summed E-state index contributed by atoms with van der Waals surface area (Å²) in [6, 6.07) is 15.1. The molecule has 0 spiro atoms. The molecule has 0 atom stereocenters. The molecule has 162 valence electrons. The molecule has 1 aliphatic rings. The molecule has 1 aliphatic heterocycles. The molecular weight excluding hydrogens is 489 g/mol. The summed E-state index contributed by atoms with van der Waals surface area (Å²) < 4.78 is 0. The summed E-state index contributed by atoms with van der Waals surface area (Å²) in [5.41, 5.74) is 1.37. The first-order valence-electron chi connectivity index (χ1n) is 10.1. The number of amides is 1. The Kier molecular flexibility index (Phi) is 9.58. The zero-order valence-electron chi connectivity index (χ0n) is 17.9. The van der Waals surface area contributed by atoms with Gasteiger partial charge >= 0.3 is 0 Å². The van der Waals surface area contributed by atoms with E-state index in [1.807, 2.05) is 0 Å². The molecule has 0 saturated carbocycles. The third kappa shape index (κ3) is 6.43. The predicted molar refractivity (Wildman–Crippen MR) is 135 cm³/mol. The van der Waals surface area contributed by atoms with E-state index in [9.17, 15) is 4.79 Å². The second-order valence-corrected chi connectivity index (χ2v) is 7.50. The van der Waals surface area contributed by atoms with E-state index in [1.54, 1.807) is 25.1 Å². The maximum atomic E-state index is 11.9. The van der Waals surface area contributed by atoms with Crippen LogP contribution in [0.4, 0.5) is 0 Å². The lowest BCUT2D eigenvalue weighted by atomic mass is 10.0. The first-order chi connectivity index (χ1) is 14.1. The normalized spacial score (nSPS) is 14.9. The summed E-state index contributed by atoms with van der Waals surface area (Å²) in [5, 5.41) is 5.91. The molecule has 1 heterocycles. The molecule has 0 aliphatic carbocycles. The second-order valence-electron chi connectivity index (χ2n) is 7.50. The number of hydrogen-bond acceptors (Lipinski definition) is 3. The lowest BCUT2D eigenvalue weighted by Crippen LogP contribution is -2.52. The molecule has 7 heteroatoms. The lowest BCUT2D eigenvalue weighted by Gasteiger charge is -2.36. The van der Waals surface area contributed by atoms with Crippen molar-refractivity contribution in [2.75, 3.05) is 53.4 Å². The van der Waals surface area contributed by atoms with Gasteiger partial charge in [0.15, 0.2) is 5.96 Å². The minimum Gasteiger partial charge on any atom is -0.353 e. The predicted octanol–water partition coefficient (Wildman–Crippen LogP) is 2.80. The van der Waals surface area contributed by atoms with E-state index in [2.05, 4.69) is 69.2 Å². The summed E-state index contributed by atoms with van der Waals surface area (Å²) in [6.45, 7) is 9.17. The van der Waals surface area contributed by atoms with Crippen molar-refractivity contribution in [1.29, 1.82) is 0 Å². The third-order valence-corrected chi connectivity index (χ3v) is 5.21. The van der Waals surface area contributed by atoms with Crippen LogP contribution in [0.2, 0.25) is 0 Å². The minimum atomic E-state index is -0.00232. The van der Waals surface area contributed by atoms with Crippen LogP contribution < -0.4 is 5.32 Å². The second kappa shape index (κ2) is 11.9. The molecule has 2 aromatic carbocycles. The molecular formula is C23H32IN5O. The Labute approximate surface area is 196 Å². The van der Waals surface area contributed by atoms with Crippen molar-refractivity contribution in [2.45, 2.75) is 6.54 Å². The van der Waals surface area contributed by atoms with Gasteiger partial charge in [0.1, 0.15) is 6.54 Å². The lowest BCUT2D eigenvalue weighted by molar-refractivity contribution is -0.127. The maximum Gasteiger partial charge on any atom is 0.243 e. The number of aliphatic imine (C=N–C) groups is 1. The third-order valence-electron chi connectivity index (χ3n) is 5.21. The largest absolute Gasteiger partial charge is 0.353 e. The van der Waals surface area contributed by atoms with Crippen LogP contribution in [0.25, 0.3) is 10.8 Å². The van der Waals surface area contributed by atoms with Gasteiger partial charge in [-0.15, -0.1) is 30.6 Å². The number of benzene rings is 2. The number of fused-ring (bicyclic) bond motifs is 1. The van der Waals surface area contributed by atoms with Gasteiger partial charge in [-0.25, -0.2) is 4.99 Å². The van der Waals surface area contributed by atoms with Crippen molar-refractivity contribution in [3.05, 3.63) is 60.7 Å². The van der Waals surface area contributed by atoms with Crippen LogP contribution in [0.3, 0.4) is 0 Å². The number of guanidine groups is 1. The Morgan fingerprint density at radius 1 is 1.13 bits per heavy atom. The smallest absolute Gasteiger partial charge is 0.243 e. The number of rotatable bonds is 6. The summed E-state index contributed by atoms with van der Waals surface area (Å²) >= 11 is 0. The van der Waals surface area contributed by atoms with Crippen LogP contribution in [-0.4, -0.2) is 79.9 Å². The molecule has 30 heavy (non-hydrogen) atoms. The summed E-state index contributed by atoms with van der Waals surface area (Å²) in [6.07, 6.45) is 1.81. The van der Waals surface area contributed by atoms with E-state index in [4.69, 9.17) is 0 Å². The van der Waals surface area contributed by atoms with Gasteiger partial charge in [-0.05, 0) is 16.3 Å². The number of likely N-dealkylation sites (N-methyl/N-ethyl adjacent to an activating group) is 1. The summed E-state index contributed by atoms with van der Waals surface area (Å²) in [7, 11) is 3.50. The fourth-order valence-electron chi connectivity index (χ4n) is 3.50. The zero-order chi connectivity index (χ0) is 20.6. The number of hydrogen-bond donors (Lipinski definition) is 1. The Hall–Kier alpha value is -2.13. The van der Waals surface area contributed by atoms with Crippen LogP contribution in [0.5, 0.6) is 0 Å². The molecule has 0 unspecified atom stereocenters. The molecule has 0 aromatic heterocycles. The monoisotopic (exact) mass is 521 g/mol. The van der Waals surface area contributed by atoms with Crippen molar-refractivity contribution < 1.29 is 4.79 Å². The van der Waals surface area contributed by atoms with Crippen LogP contribution >= 0.6 is 24.0 Å². The molecule has 1 N–H and O–H groups in total. The first kappa shape index (κ1) is 24.1. The molecule has 2 aromatic rings. The molecule has 0 radical (unpaired) electrons. The van der Waals surface area contributed by atoms with Gasteiger partial charge in [0.05, 0.1) is 0 Å². The van der Waals surface area contributed by atoms with E-state index in [0.717, 1.165) is 38.7 Å². The van der Waals surface area contributed by atoms with Crippen molar-refractivity contribution in [2.24, 2.45) is 4.99 Å². The standard InChI is InChI=1S/C23H31N5O.HI/c1-4-12-24-23(25-17-22(29)26(2)3)28-15-13-27(14-16-28)18-20-10-7-9-19-8-5-6-11-21(19)20;/h4-11H,1,12-18H2,2-3H3,(H,24,25);1H. The molecule has 0 bridgehead atoms. The van der Waals surface area contributed by atoms with Crippen molar-refractivity contribution in [3.63, 3.8) is 0 Å². The fourth-order valence-corrected chi connectivity index (χ4v) is 3.50. The van der Waals surface area contributed by atoms with Gasteiger partial charge < -0.3 is 15.1 Å². The van der Waals surface area contributed by atoms with E-state index in [0.29, 0.717) is 6.54 Å². The molecule has 6 nitrogen and oxygen atoms in total. The SMILES string of the molecule is C=CCNC(=NCC(=O)N(C)C)N1CCN(Cc2cccc3ccccc23)CC1.I. The van der Waals surface area contributed by atoms with E-state index in [1.165, 1.54) is 16.3 Å². The fraction of sp³-hybridized carbons (Fsp3) is 0.391. The number of piperazine rings is 1. The topological polar surface area (TPSA) is 51.2 Å². The highest BCUT2D eigenvalue weighted by Gasteiger charge is 2.20. The Morgan fingerprint density at radius 2 is 1.83 bits per heavy atom. The van der Waals surface area contributed by atoms with Crippen molar-refractivity contribution >= 4 is 46.6 Å². The van der Waals surface area contributed by atoms with Gasteiger partial charge in [0, 0.05) is 53.4 Å². The molecule has 1 amide bonds. The molecule has 1 saturated heterocycles. The quantitative estimate of drug-likeness (QED) is 0.275. The highest BCUT2D eigenvalue weighted by atomic mass is 127. The minimum absolute atomic E-state index is 0. The van der Waals surface area contributed by atoms with Gasteiger partial charge in [-0.3, -0.25) is 9.69 Å². The number of carbonyl (C=O) groups is 1. The number of halogens is 1. The van der Waals surface area contributed by atoms with Gasteiger partial charge in [0.25, 0.3) is 0 Å². The average molecular weight is 521 g/mol. The molecule has 1 fully saturated rings. The van der Waals surface area contributed by atoms with Crippen LogP contribution in [-0.2, 0) is 11.3 Å². The van der Waals surface area contributed by atoms with Crippen LogP contribution in [0.15, 0.2) is 60.1 Å². The van der Waals surface area contributed by atoms with Gasteiger partial charge in [0.2, 0.25) is 5.91 Å². The van der Waals surface area contributed by atoms with Crippen molar-refractivity contribution in [3.8, 4) is 0 Å². The Morgan fingerprint density at radius 3 is 2.53 bits per heavy atom. The molecule has 3 rings (SSSR count). The van der Waals surface area contributed by atoms with E-state index < -0.39 is 0 Å². The average Bonchev–Trinajstić information content (AvgIpc) is 2.74. The highest BCUT2D eigenvalue weighted by molar-refractivity contribution is 14.0. The first-order valence-corrected chi connectivity index (χ1v) is 10.1.